The summed E-state index contributed by atoms with van der Waals surface area (Å²) in [6, 6.07) is 20.2. The van der Waals surface area contributed by atoms with Crippen LogP contribution in [0.4, 0.5) is 5.69 Å². The third-order valence-corrected chi connectivity index (χ3v) is 8.88. The van der Waals surface area contributed by atoms with Crippen LogP contribution >= 0.6 is 12.4 Å². The zero-order valence-corrected chi connectivity index (χ0v) is 24.5. The Labute approximate surface area is 252 Å². The molecule has 3 aliphatic rings. The number of para-hydroxylation sites is 1. The van der Waals surface area contributed by atoms with Gasteiger partial charge in [-0.05, 0) is 54.7 Å². The molecule has 2 aliphatic heterocycles. The van der Waals surface area contributed by atoms with Crippen LogP contribution in [0.25, 0.3) is 22.2 Å². The number of nitrogens with zero attached hydrogens (tertiary/aromatic N) is 2. The average Bonchev–Trinajstić information content (AvgIpc) is 3.22. The van der Waals surface area contributed by atoms with Gasteiger partial charge in [0.15, 0.2) is 0 Å². The average molecular weight is 589 g/mol. The summed E-state index contributed by atoms with van der Waals surface area (Å²) in [5.74, 6) is 1.15. The molecular formula is C34H37ClN2O5. The van der Waals surface area contributed by atoms with Crippen molar-refractivity contribution in [2.75, 3.05) is 37.8 Å². The number of anilines is 1. The largest absolute Gasteiger partial charge is 0.491 e. The Bertz CT molecular complexity index is 1590. The van der Waals surface area contributed by atoms with Crippen molar-refractivity contribution >= 4 is 35.0 Å². The number of benzene rings is 3. The molecule has 3 aromatic carbocycles. The predicted molar refractivity (Wildman–Crippen MR) is 167 cm³/mol. The van der Waals surface area contributed by atoms with Gasteiger partial charge in [-0.15, -0.1) is 12.4 Å². The molecule has 1 N–H and O–H groups in total. The molecule has 220 valence electrons. The molecule has 0 amide bonds. The van der Waals surface area contributed by atoms with E-state index >= 15 is 0 Å². The highest BCUT2D eigenvalue weighted by Crippen LogP contribution is 2.47. The lowest BCUT2D eigenvalue weighted by Crippen LogP contribution is -2.36. The topological polar surface area (TPSA) is 73.2 Å². The first-order valence-electron chi connectivity index (χ1n) is 14.9. The Morgan fingerprint density at radius 1 is 0.929 bits per heavy atom. The Hall–Kier alpha value is -3.68. The summed E-state index contributed by atoms with van der Waals surface area (Å²) in [6.45, 7) is 4.90. The van der Waals surface area contributed by atoms with E-state index in [0.717, 1.165) is 67.3 Å². The minimum absolute atomic E-state index is 0. The normalized spacial score (nSPS) is 17.0. The van der Waals surface area contributed by atoms with Crippen LogP contribution in [0.2, 0.25) is 0 Å². The molecule has 7 rings (SSSR count). The molecule has 3 heterocycles. The summed E-state index contributed by atoms with van der Waals surface area (Å²) < 4.78 is 20.5. The monoisotopic (exact) mass is 588 g/mol. The second-order valence-electron chi connectivity index (χ2n) is 11.3. The van der Waals surface area contributed by atoms with E-state index in [-0.39, 0.29) is 12.4 Å². The smallest absolute Gasteiger partial charge is 0.335 e. The van der Waals surface area contributed by atoms with Crippen LogP contribution in [0.5, 0.6) is 11.5 Å². The number of carboxylic acid groups (broad SMARTS) is 1. The number of carboxylic acids is 1. The number of fused-ring (bicyclic) bond motifs is 5. The molecule has 1 saturated carbocycles. The SMILES string of the molecule is Cl.O=C(O)c1ccc2c(C3CCCCC3)c3n(c2c1)CCOc1cc(OCc2ccccc2N2CCOCC2)ccc1-3. The van der Waals surface area contributed by atoms with Crippen molar-refractivity contribution in [1.82, 2.24) is 4.57 Å². The maximum Gasteiger partial charge on any atom is 0.335 e. The number of aromatic nitrogens is 1. The highest BCUT2D eigenvalue weighted by molar-refractivity contribution is 5.98. The number of hydrogen-bond donors (Lipinski definition) is 1. The molecule has 0 radical (unpaired) electrons. The van der Waals surface area contributed by atoms with Crippen molar-refractivity contribution in [3.8, 4) is 22.8 Å². The van der Waals surface area contributed by atoms with Crippen LogP contribution in [0.1, 0.15) is 59.5 Å². The van der Waals surface area contributed by atoms with Gasteiger partial charge in [0.1, 0.15) is 24.7 Å². The first kappa shape index (κ1) is 28.4. The standard InChI is InChI=1S/C34H36N2O5.ClH/c37-34(38)24-10-12-27-30(20-24)36-16-19-40-31-21-26(11-13-28(31)33(36)32(27)23-6-2-1-3-7-23)41-22-25-8-4-5-9-29(25)35-14-17-39-18-15-35;/h4-5,8-13,20-21,23H,1-3,6-7,14-19,22H2,(H,37,38);1H. The van der Waals surface area contributed by atoms with Gasteiger partial charge in [0, 0.05) is 46.9 Å². The van der Waals surface area contributed by atoms with Crippen LogP contribution in [0.15, 0.2) is 60.7 Å². The zero-order valence-electron chi connectivity index (χ0n) is 23.7. The van der Waals surface area contributed by atoms with Crippen LogP contribution in [-0.4, -0.2) is 48.6 Å². The molecule has 1 aromatic heterocycles. The van der Waals surface area contributed by atoms with Crippen molar-refractivity contribution in [2.24, 2.45) is 0 Å². The second kappa shape index (κ2) is 12.3. The number of ether oxygens (including phenoxy) is 3. The molecule has 0 spiro atoms. The Morgan fingerprint density at radius 3 is 2.55 bits per heavy atom. The van der Waals surface area contributed by atoms with E-state index < -0.39 is 5.97 Å². The first-order valence-corrected chi connectivity index (χ1v) is 14.9. The summed E-state index contributed by atoms with van der Waals surface area (Å²) in [6.07, 6.45) is 6.06. The second-order valence-corrected chi connectivity index (χ2v) is 11.3. The molecule has 8 heteroatoms. The van der Waals surface area contributed by atoms with Gasteiger partial charge in [-0.3, -0.25) is 0 Å². The van der Waals surface area contributed by atoms with Gasteiger partial charge < -0.3 is 28.8 Å². The van der Waals surface area contributed by atoms with Gasteiger partial charge in [-0.1, -0.05) is 43.5 Å². The van der Waals surface area contributed by atoms with Crippen molar-refractivity contribution in [2.45, 2.75) is 51.2 Å². The number of aromatic carboxylic acids is 1. The fourth-order valence-corrected chi connectivity index (χ4v) is 6.90. The van der Waals surface area contributed by atoms with Crippen LogP contribution in [0.3, 0.4) is 0 Å². The van der Waals surface area contributed by atoms with E-state index in [4.69, 9.17) is 14.2 Å². The van der Waals surface area contributed by atoms with Gasteiger partial charge in [-0.25, -0.2) is 4.79 Å². The molecule has 42 heavy (non-hydrogen) atoms. The van der Waals surface area contributed by atoms with E-state index in [1.54, 1.807) is 6.07 Å². The lowest BCUT2D eigenvalue weighted by molar-refractivity contribution is 0.0697. The van der Waals surface area contributed by atoms with E-state index in [2.05, 4.69) is 39.8 Å². The van der Waals surface area contributed by atoms with Crippen molar-refractivity contribution in [3.05, 3.63) is 77.4 Å². The molecule has 0 unspecified atom stereocenters. The molecule has 0 atom stereocenters. The summed E-state index contributed by atoms with van der Waals surface area (Å²) in [5.41, 5.74) is 7.22. The molecule has 4 aromatic rings. The molecular weight excluding hydrogens is 552 g/mol. The summed E-state index contributed by atoms with van der Waals surface area (Å²) in [7, 11) is 0. The number of hydrogen-bond acceptors (Lipinski definition) is 5. The molecule has 1 saturated heterocycles. The fourth-order valence-electron chi connectivity index (χ4n) is 6.90. The van der Waals surface area contributed by atoms with Gasteiger partial charge >= 0.3 is 5.97 Å². The summed E-state index contributed by atoms with van der Waals surface area (Å²) in [5, 5.41) is 10.9. The number of carbonyl (C=O) groups is 1. The summed E-state index contributed by atoms with van der Waals surface area (Å²) >= 11 is 0. The van der Waals surface area contributed by atoms with E-state index in [9.17, 15) is 9.90 Å². The van der Waals surface area contributed by atoms with Crippen molar-refractivity contribution in [3.63, 3.8) is 0 Å². The van der Waals surface area contributed by atoms with Gasteiger partial charge in [-0.2, -0.15) is 0 Å². The van der Waals surface area contributed by atoms with Crippen LogP contribution in [-0.2, 0) is 17.9 Å². The molecule has 1 aliphatic carbocycles. The highest BCUT2D eigenvalue weighted by atomic mass is 35.5. The number of halogens is 1. The predicted octanol–water partition coefficient (Wildman–Crippen LogP) is 7.28. The maximum absolute atomic E-state index is 11.8. The third kappa shape index (κ3) is 5.32. The van der Waals surface area contributed by atoms with Gasteiger partial charge in [0.25, 0.3) is 0 Å². The van der Waals surface area contributed by atoms with Gasteiger partial charge in [0.2, 0.25) is 0 Å². The fraction of sp³-hybridized carbons (Fsp3) is 0.382. The van der Waals surface area contributed by atoms with Crippen molar-refractivity contribution in [1.29, 1.82) is 0 Å². The molecule has 7 nitrogen and oxygen atoms in total. The van der Waals surface area contributed by atoms with E-state index in [0.29, 0.717) is 31.2 Å². The molecule has 2 fully saturated rings. The van der Waals surface area contributed by atoms with Crippen LogP contribution < -0.4 is 14.4 Å². The van der Waals surface area contributed by atoms with Crippen molar-refractivity contribution < 1.29 is 24.1 Å². The Kier molecular flexibility index (Phi) is 8.31. The Morgan fingerprint density at radius 2 is 1.74 bits per heavy atom. The number of morpholine rings is 1. The first-order chi connectivity index (χ1) is 20.2. The summed E-state index contributed by atoms with van der Waals surface area (Å²) in [4.78, 5) is 14.2. The Balaban J connectivity index is 0.00000316. The number of rotatable bonds is 6. The lowest BCUT2D eigenvalue weighted by Gasteiger charge is -2.30. The van der Waals surface area contributed by atoms with E-state index in [1.165, 1.54) is 41.6 Å². The minimum Gasteiger partial charge on any atom is -0.491 e. The van der Waals surface area contributed by atoms with Crippen LogP contribution in [0, 0.1) is 0 Å². The minimum atomic E-state index is -0.899. The highest BCUT2D eigenvalue weighted by Gasteiger charge is 2.30. The zero-order chi connectivity index (χ0) is 27.8. The van der Waals surface area contributed by atoms with E-state index in [1.807, 2.05) is 24.3 Å². The van der Waals surface area contributed by atoms with Gasteiger partial charge in [0.05, 0.1) is 31.0 Å². The lowest BCUT2D eigenvalue weighted by atomic mass is 9.81. The molecule has 0 bridgehead atoms. The quantitative estimate of drug-likeness (QED) is 0.255. The third-order valence-electron chi connectivity index (χ3n) is 8.88. The maximum atomic E-state index is 11.8.